The van der Waals surface area contributed by atoms with Crippen molar-refractivity contribution < 1.29 is 0 Å². The number of para-hydroxylation sites is 1. The van der Waals surface area contributed by atoms with E-state index in [9.17, 15) is 0 Å². The Kier molecular flexibility index (Phi) is 4.81. The molecule has 4 nitrogen and oxygen atoms in total. The number of hydrogen-bond donors (Lipinski definition) is 2. The van der Waals surface area contributed by atoms with E-state index in [-0.39, 0.29) is 5.41 Å². The summed E-state index contributed by atoms with van der Waals surface area (Å²) < 4.78 is 0. The zero-order valence-corrected chi connectivity index (χ0v) is 16.6. The average molecular weight is 375 g/mol. The van der Waals surface area contributed by atoms with E-state index in [0.29, 0.717) is 0 Å². The first-order valence-corrected chi connectivity index (χ1v) is 10.8. The first-order chi connectivity index (χ1) is 13.8. The number of anilines is 2. The Morgan fingerprint density at radius 3 is 2.46 bits per heavy atom. The molecule has 1 spiro atoms. The van der Waals surface area contributed by atoms with E-state index in [4.69, 9.17) is 4.99 Å². The van der Waals surface area contributed by atoms with Gasteiger partial charge in [-0.25, -0.2) is 0 Å². The lowest BCUT2D eigenvalue weighted by Crippen LogP contribution is -2.48. The quantitative estimate of drug-likeness (QED) is 0.845. The van der Waals surface area contributed by atoms with Crippen molar-refractivity contribution in [3.8, 4) is 0 Å². The van der Waals surface area contributed by atoms with Gasteiger partial charge in [-0.05, 0) is 74.5 Å². The van der Waals surface area contributed by atoms with Gasteiger partial charge in [0.1, 0.15) is 5.84 Å². The molecule has 3 heterocycles. The maximum Gasteiger partial charge on any atom is 0.108 e. The number of aliphatic imine (C=N–C) groups is 1. The molecule has 2 aromatic carbocycles. The van der Waals surface area contributed by atoms with E-state index in [1.807, 2.05) is 0 Å². The molecule has 0 aromatic heterocycles. The highest BCUT2D eigenvalue weighted by Crippen LogP contribution is 2.40. The lowest BCUT2D eigenvalue weighted by atomic mass is 9.71. The number of amidine groups is 1. The fourth-order valence-electron chi connectivity index (χ4n) is 4.99. The number of nitrogens with zero attached hydrogens (tertiary/aromatic N) is 2. The number of nitrogens with one attached hydrogen (secondary N) is 2. The Morgan fingerprint density at radius 2 is 1.68 bits per heavy atom. The molecule has 0 aliphatic carbocycles. The van der Waals surface area contributed by atoms with Crippen molar-refractivity contribution in [1.82, 2.24) is 5.32 Å². The van der Waals surface area contributed by atoms with Crippen molar-refractivity contribution in [2.75, 3.05) is 36.4 Å². The number of piperidine rings is 1. The number of benzene rings is 2. The third-order valence-corrected chi connectivity index (χ3v) is 6.69. The molecule has 3 aliphatic heterocycles. The van der Waals surface area contributed by atoms with E-state index >= 15 is 0 Å². The second kappa shape index (κ2) is 7.59. The lowest BCUT2D eigenvalue weighted by molar-refractivity contribution is 0.293. The molecule has 0 atom stereocenters. The van der Waals surface area contributed by atoms with E-state index in [0.717, 1.165) is 38.9 Å². The summed E-state index contributed by atoms with van der Waals surface area (Å²) in [5.41, 5.74) is 5.47. The first-order valence-electron chi connectivity index (χ1n) is 10.8. The van der Waals surface area contributed by atoms with Gasteiger partial charge in [0.15, 0.2) is 0 Å². The van der Waals surface area contributed by atoms with Crippen LogP contribution in [-0.4, -0.2) is 32.0 Å². The molecular weight excluding hydrogens is 344 g/mol. The zero-order chi connectivity index (χ0) is 18.8. The van der Waals surface area contributed by atoms with Gasteiger partial charge in [0.05, 0.1) is 6.54 Å². The number of fused-ring (bicyclic) bond motifs is 1. The first kappa shape index (κ1) is 17.7. The maximum atomic E-state index is 5.12. The van der Waals surface area contributed by atoms with Crippen LogP contribution in [0.5, 0.6) is 0 Å². The van der Waals surface area contributed by atoms with E-state index in [2.05, 4.69) is 64.1 Å². The topological polar surface area (TPSA) is 39.7 Å². The fraction of sp³-hybridized carbons (Fsp3) is 0.458. The van der Waals surface area contributed by atoms with Gasteiger partial charge in [-0.1, -0.05) is 30.3 Å². The normalized spacial score (nSPS) is 22.3. The average Bonchev–Trinajstić information content (AvgIpc) is 3.28. The van der Waals surface area contributed by atoms with Crippen molar-refractivity contribution in [3.63, 3.8) is 0 Å². The van der Waals surface area contributed by atoms with Crippen molar-refractivity contribution in [2.45, 2.75) is 38.6 Å². The van der Waals surface area contributed by atoms with Crippen LogP contribution in [0.3, 0.4) is 0 Å². The largest absolute Gasteiger partial charge is 0.372 e. The summed E-state index contributed by atoms with van der Waals surface area (Å²) in [6.07, 6.45) is 6.05. The summed E-state index contributed by atoms with van der Waals surface area (Å²) in [4.78, 5) is 7.61. The van der Waals surface area contributed by atoms with Gasteiger partial charge in [0, 0.05) is 29.9 Å². The summed E-state index contributed by atoms with van der Waals surface area (Å²) in [5, 5.41) is 7.22. The van der Waals surface area contributed by atoms with Crippen molar-refractivity contribution in [1.29, 1.82) is 0 Å². The predicted octanol–water partition coefficient (Wildman–Crippen LogP) is 4.22. The highest BCUT2D eigenvalue weighted by Gasteiger charge is 2.40. The fourth-order valence-corrected chi connectivity index (χ4v) is 4.99. The van der Waals surface area contributed by atoms with E-state index in [1.165, 1.54) is 54.3 Å². The standard InChI is InChI=1S/C24H30N4/c1-2-6-22-20(5-1)17-24(11-13-25-14-12-24)23(27-22)26-18-19-7-9-21(10-8-19)28-15-3-4-16-28/h1-2,5-10,25H,3-4,11-18H2,(H,26,27). The van der Waals surface area contributed by atoms with Crippen LogP contribution in [0.25, 0.3) is 0 Å². The SMILES string of the molecule is c1ccc2c(c1)CC1(CCNCC1)C(=NCc1ccc(N3CCCC3)cc1)N2. The van der Waals surface area contributed by atoms with Crippen LogP contribution >= 0.6 is 0 Å². The number of rotatable bonds is 3. The van der Waals surface area contributed by atoms with Gasteiger partial charge in [-0.15, -0.1) is 0 Å². The van der Waals surface area contributed by atoms with Gasteiger partial charge < -0.3 is 15.5 Å². The van der Waals surface area contributed by atoms with Gasteiger partial charge in [-0.3, -0.25) is 4.99 Å². The molecule has 0 amide bonds. The molecule has 2 N–H and O–H groups in total. The molecule has 4 heteroatoms. The van der Waals surface area contributed by atoms with E-state index in [1.54, 1.807) is 0 Å². The van der Waals surface area contributed by atoms with Crippen LogP contribution < -0.4 is 15.5 Å². The van der Waals surface area contributed by atoms with Gasteiger partial charge >= 0.3 is 0 Å². The highest BCUT2D eigenvalue weighted by atomic mass is 15.1. The molecule has 2 saturated heterocycles. The molecule has 0 saturated carbocycles. The Morgan fingerprint density at radius 1 is 0.929 bits per heavy atom. The molecule has 2 fully saturated rings. The van der Waals surface area contributed by atoms with Crippen LogP contribution in [0, 0.1) is 5.41 Å². The Hall–Kier alpha value is -2.33. The molecule has 2 aromatic rings. The van der Waals surface area contributed by atoms with Crippen molar-refractivity contribution >= 4 is 17.2 Å². The maximum absolute atomic E-state index is 5.12. The Balaban J connectivity index is 1.37. The highest BCUT2D eigenvalue weighted by molar-refractivity contribution is 6.02. The van der Waals surface area contributed by atoms with Gasteiger partial charge in [0.25, 0.3) is 0 Å². The molecule has 5 rings (SSSR count). The lowest BCUT2D eigenvalue weighted by Gasteiger charge is -2.42. The molecule has 0 radical (unpaired) electrons. The Bertz CT molecular complexity index is 843. The van der Waals surface area contributed by atoms with E-state index < -0.39 is 0 Å². The van der Waals surface area contributed by atoms with Gasteiger partial charge in [0.2, 0.25) is 0 Å². The molecule has 0 bridgehead atoms. The van der Waals surface area contributed by atoms with Crippen molar-refractivity contribution in [2.24, 2.45) is 10.4 Å². The summed E-state index contributed by atoms with van der Waals surface area (Å²) in [5.74, 6) is 1.19. The second-order valence-electron chi connectivity index (χ2n) is 8.51. The minimum Gasteiger partial charge on any atom is -0.372 e. The summed E-state index contributed by atoms with van der Waals surface area (Å²) in [6.45, 7) is 5.30. The monoisotopic (exact) mass is 374 g/mol. The van der Waals surface area contributed by atoms with Crippen molar-refractivity contribution in [3.05, 3.63) is 59.7 Å². The minimum absolute atomic E-state index is 0.162. The molecule has 0 unspecified atom stereocenters. The number of hydrogen-bond acceptors (Lipinski definition) is 3. The minimum atomic E-state index is 0.162. The second-order valence-corrected chi connectivity index (χ2v) is 8.51. The van der Waals surface area contributed by atoms with Crippen LogP contribution in [-0.2, 0) is 13.0 Å². The molecule has 146 valence electrons. The Labute approximate surface area is 168 Å². The smallest absolute Gasteiger partial charge is 0.108 e. The van der Waals surface area contributed by atoms with Gasteiger partial charge in [-0.2, -0.15) is 0 Å². The molecule has 3 aliphatic rings. The van der Waals surface area contributed by atoms with Crippen LogP contribution in [0.1, 0.15) is 36.8 Å². The third kappa shape index (κ3) is 3.42. The van der Waals surface area contributed by atoms with Crippen LogP contribution in [0.15, 0.2) is 53.5 Å². The predicted molar refractivity (Wildman–Crippen MR) is 117 cm³/mol. The third-order valence-electron chi connectivity index (χ3n) is 6.69. The zero-order valence-electron chi connectivity index (χ0n) is 16.6. The summed E-state index contributed by atoms with van der Waals surface area (Å²) in [6, 6.07) is 17.8. The molecular formula is C24H30N4. The molecule has 28 heavy (non-hydrogen) atoms. The summed E-state index contributed by atoms with van der Waals surface area (Å²) >= 11 is 0. The van der Waals surface area contributed by atoms with Crippen LogP contribution in [0.2, 0.25) is 0 Å². The summed E-state index contributed by atoms with van der Waals surface area (Å²) in [7, 11) is 0. The van der Waals surface area contributed by atoms with Crippen LogP contribution in [0.4, 0.5) is 11.4 Å².